The van der Waals surface area contributed by atoms with Crippen molar-refractivity contribution in [2.45, 2.75) is 19.9 Å². The third kappa shape index (κ3) is 2.10. The van der Waals surface area contributed by atoms with E-state index in [1.54, 1.807) is 0 Å². The molecular formula is C17H19N3. The maximum Gasteiger partial charge on any atom is 0.140 e. The third-order valence-electron chi connectivity index (χ3n) is 3.80. The number of rotatable bonds is 3. The summed E-state index contributed by atoms with van der Waals surface area (Å²) in [6.07, 6.45) is 1.06. The van der Waals surface area contributed by atoms with Crippen LogP contribution in [0.15, 0.2) is 42.5 Å². The Bertz CT molecular complexity index is 739. The van der Waals surface area contributed by atoms with Crippen molar-refractivity contribution < 1.29 is 0 Å². The van der Waals surface area contributed by atoms with E-state index < -0.39 is 0 Å². The standard InChI is InChI=1S/C17H19N3/c1-3-12-4-7-14(8-5-12)17-19-15-9-6-13(11-18)10-16(15)20(17)2/h4-10H,3,11,18H2,1-2H3. The van der Waals surface area contributed by atoms with Gasteiger partial charge < -0.3 is 10.3 Å². The van der Waals surface area contributed by atoms with Crippen molar-refractivity contribution in [2.75, 3.05) is 0 Å². The lowest BCUT2D eigenvalue weighted by Crippen LogP contribution is -1.97. The smallest absolute Gasteiger partial charge is 0.140 e. The van der Waals surface area contributed by atoms with Crippen molar-refractivity contribution in [1.82, 2.24) is 9.55 Å². The van der Waals surface area contributed by atoms with Gasteiger partial charge in [0.2, 0.25) is 0 Å². The number of imidazole rings is 1. The van der Waals surface area contributed by atoms with E-state index in [1.165, 1.54) is 5.56 Å². The normalized spacial score (nSPS) is 11.2. The SMILES string of the molecule is CCc1ccc(-c2nc3ccc(CN)cc3n2C)cc1. The molecule has 0 aliphatic heterocycles. The lowest BCUT2D eigenvalue weighted by molar-refractivity contribution is 0.956. The van der Waals surface area contributed by atoms with Crippen LogP contribution in [0.5, 0.6) is 0 Å². The average Bonchev–Trinajstić information content (AvgIpc) is 2.84. The molecule has 1 aromatic heterocycles. The highest BCUT2D eigenvalue weighted by atomic mass is 15.1. The van der Waals surface area contributed by atoms with Gasteiger partial charge in [0, 0.05) is 19.2 Å². The predicted molar refractivity (Wildman–Crippen MR) is 83.4 cm³/mol. The van der Waals surface area contributed by atoms with Gasteiger partial charge in [-0.3, -0.25) is 0 Å². The van der Waals surface area contributed by atoms with Gasteiger partial charge in [-0.2, -0.15) is 0 Å². The Morgan fingerprint density at radius 2 is 1.75 bits per heavy atom. The fourth-order valence-corrected chi connectivity index (χ4v) is 2.51. The molecular weight excluding hydrogens is 246 g/mol. The highest BCUT2D eigenvalue weighted by molar-refractivity contribution is 5.81. The molecule has 3 rings (SSSR count). The first-order chi connectivity index (χ1) is 9.72. The molecule has 0 bridgehead atoms. The molecule has 2 N–H and O–H groups in total. The first kappa shape index (κ1) is 12.9. The molecule has 3 heteroatoms. The van der Waals surface area contributed by atoms with Gasteiger partial charge in [-0.15, -0.1) is 0 Å². The summed E-state index contributed by atoms with van der Waals surface area (Å²) in [6, 6.07) is 14.8. The Balaban J connectivity index is 2.13. The van der Waals surface area contributed by atoms with E-state index in [9.17, 15) is 0 Å². The molecule has 0 aliphatic rings. The number of hydrogen-bond acceptors (Lipinski definition) is 2. The van der Waals surface area contributed by atoms with E-state index in [0.717, 1.165) is 34.4 Å². The predicted octanol–water partition coefficient (Wildman–Crippen LogP) is 3.26. The molecule has 2 aromatic carbocycles. The molecule has 0 amide bonds. The molecule has 3 nitrogen and oxygen atoms in total. The van der Waals surface area contributed by atoms with Crippen molar-refractivity contribution >= 4 is 11.0 Å². The monoisotopic (exact) mass is 265 g/mol. The number of fused-ring (bicyclic) bond motifs is 1. The molecule has 1 heterocycles. The number of nitrogens with two attached hydrogens (primary N) is 1. The van der Waals surface area contributed by atoms with E-state index in [1.807, 2.05) is 12.1 Å². The molecule has 102 valence electrons. The minimum absolute atomic E-state index is 0.557. The molecule has 20 heavy (non-hydrogen) atoms. The molecule has 0 unspecified atom stereocenters. The molecule has 0 saturated heterocycles. The molecule has 3 aromatic rings. The Labute approximate surface area is 119 Å². The summed E-state index contributed by atoms with van der Waals surface area (Å²) in [4.78, 5) is 4.74. The second-order valence-corrected chi connectivity index (χ2v) is 5.07. The van der Waals surface area contributed by atoms with Crippen molar-refractivity contribution in [2.24, 2.45) is 12.8 Å². The Morgan fingerprint density at radius 1 is 1.05 bits per heavy atom. The summed E-state index contributed by atoms with van der Waals surface area (Å²) in [6.45, 7) is 2.72. The minimum Gasteiger partial charge on any atom is -0.327 e. The Kier molecular flexibility index (Phi) is 3.28. The zero-order chi connectivity index (χ0) is 14.1. The largest absolute Gasteiger partial charge is 0.327 e. The van der Waals surface area contributed by atoms with Gasteiger partial charge in [-0.1, -0.05) is 37.3 Å². The maximum atomic E-state index is 5.71. The Hall–Kier alpha value is -2.13. The van der Waals surface area contributed by atoms with Crippen LogP contribution in [0.2, 0.25) is 0 Å². The third-order valence-corrected chi connectivity index (χ3v) is 3.80. The van der Waals surface area contributed by atoms with Crippen LogP contribution in [0, 0.1) is 0 Å². The number of aromatic nitrogens is 2. The second-order valence-electron chi connectivity index (χ2n) is 5.07. The van der Waals surface area contributed by atoms with Gasteiger partial charge in [0.1, 0.15) is 5.82 Å². The van der Waals surface area contributed by atoms with E-state index in [0.29, 0.717) is 6.54 Å². The molecule has 0 aliphatic carbocycles. The van der Waals surface area contributed by atoms with Gasteiger partial charge in [0.05, 0.1) is 11.0 Å². The number of hydrogen-bond donors (Lipinski definition) is 1. The number of nitrogens with zero attached hydrogens (tertiary/aromatic N) is 2. The average molecular weight is 265 g/mol. The first-order valence-electron chi connectivity index (χ1n) is 6.97. The quantitative estimate of drug-likeness (QED) is 0.790. The van der Waals surface area contributed by atoms with Gasteiger partial charge in [0.15, 0.2) is 0 Å². The van der Waals surface area contributed by atoms with Gasteiger partial charge in [-0.05, 0) is 29.7 Å². The van der Waals surface area contributed by atoms with Gasteiger partial charge in [0.25, 0.3) is 0 Å². The fraction of sp³-hybridized carbons (Fsp3) is 0.235. The summed E-state index contributed by atoms with van der Waals surface area (Å²) in [5.41, 5.74) is 11.5. The lowest BCUT2D eigenvalue weighted by Gasteiger charge is -2.04. The van der Waals surface area contributed by atoms with Crippen LogP contribution >= 0.6 is 0 Å². The maximum absolute atomic E-state index is 5.71. The van der Waals surface area contributed by atoms with Crippen LogP contribution < -0.4 is 5.73 Å². The molecule has 0 radical (unpaired) electrons. The van der Waals surface area contributed by atoms with E-state index >= 15 is 0 Å². The molecule has 0 atom stereocenters. The van der Waals surface area contributed by atoms with Crippen molar-refractivity contribution in [3.05, 3.63) is 53.6 Å². The fourth-order valence-electron chi connectivity index (χ4n) is 2.51. The molecule has 0 fully saturated rings. The number of benzene rings is 2. The van der Waals surface area contributed by atoms with Crippen LogP contribution in [0.1, 0.15) is 18.1 Å². The zero-order valence-electron chi connectivity index (χ0n) is 11.9. The zero-order valence-corrected chi connectivity index (χ0v) is 11.9. The highest BCUT2D eigenvalue weighted by Crippen LogP contribution is 2.24. The van der Waals surface area contributed by atoms with Gasteiger partial charge in [-0.25, -0.2) is 4.98 Å². The molecule has 0 saturated carbocycles. The van der Waals surface area contributed by atoms with E-state index in [2.05, 4.69) is 48.9 Å². The van der Waals surface area contributed by atoms with Crippen LogP contribution in [-0.4, -0.2) is 9.55 Å². The highest BCUT2D eigenvalue weighted by Gasteiger charge is 2.10. The summed E-state index contributed by atoms with van der Waals surface area (Å²) < 4.78 is 2.13. The first-order valence-corrected chi connectivity index (χ1v) is 6.97. The van der Waals surface area contributed by atoms with Crippen LogP contribution in [-0.2, 0) is 20.0 Å². The summed E-state index contributed by atoms with van der Waals surface area (Å²) in [7, 11) is 2.05. The topological polar surface area (TPSA) is 43.8 Å². The summed E-state index contributed by atoms with van der Waals surface area (Å²) in [5, 5.41) is 0. The second kappa shape index (κ2) is 5.10. The van der Waals surface area contributed by atoms with Crippen molar-refractivity contribution in [3.63, 3.8) is 0 Å². The van der Waals surface area contributed by atoms with Crippen LogP contribution in [0.4, 0.5) is 0 Å². The van der Waals surface area contributed by atoms with Crippen LogP contribution in [0.25, 0.3) is 22.4 Å². The lowest BCUT2D eigenvalue weighted by atomic mass is 10.1. The summed E-state index contributed by atoms with van der Waals surface area (Å²) >= 11 is 0. The van der Waals surface area contributed by atoms with E-state index in [4.69, 9.17) is 10.7 Å². The van der Waals surface area contributed by atoms with E-state index in [-0.39, 0.29) is 0 Å². The minimum atomic E-state index is 0.557. The molecule has 0 spiro atoms. The number of aryl methyl sites for hydroxylation is 2. The summed E-state index contributed by atoms with van der Waals surface area (Å²) in [5.74, 6) is 0.997. The van der Waals surface area contributed by atoms with Crippen molar-refractivity contribution in [1.29, 1.82) is 0 Å². The van der Waals surface area contributed by atoms with Crippen molar-refractivity contribution in [3.8, 4) is 11.4 Å². The Morgan fingerprint density at radius 3 is 2.40 bits per heavy atom. The van der Waals surface area contributed by atoms with Crippen LogP contribution in [0.3, 0.4) is 0 Å². The van der Waals surface area contributed by atoms with Gasteiger partial charge >= 0.3 is 0 Å².